The lowest BCUT2D eigenvalue weighted by molar-refractivity contribution is -0.0511. The van der Waals surface area contributed by atoms with Crippen LogP contribution in [0.2, 0.25) is 0 Å². The third-order valence-corrected chi connectivity index (χ3v) is 4.70. The number of fused-ring (bicyclic) bond motifs is 1. The van der Waals surface area contributed by atoms with Crippen LogP contribution < -0.4 is 5.32 Å². The zero-order valence-corrected chi connectivity index (χ0v) is 16.0. The van der Waals surface area contributed by atoms with Crippen molar-refractivity contribution in [1.82, 2.24) is 19.5 Å². The first-order chi connectivity index (χ1) is 12.8. The smallest absolute Gasteiger partial charge is 0.191 e. The van der Waals surface area contributed by atoms with Gasteiger partial charge in [-0.3, -0.25) is 4.57 Å². The molecule has 3 heterocycles. The minimum atomic E-state index is -1.25. The van der Waals surface area contributed by atoms with Crippen molar-refractivity contribution in [3.05, 3.63) is 18.0 Å². The molecule has 11 heteroatoms. The molecule has 5 atom stereocenters. The Bertz CT molecular complexity index is 840. The predicted octanol–water partition coefficient (Wildman–Crippen LogP) is -0.144. The number of imidazole rings is 1. The Balaban J connectivity index is 2.02. The van der Waals surface area contributed by atoms with Gasteiger partial charge in [-0.1, -0.05) is 17.3 Å². The van der Waals surface area contributed by atoms with Gasteiger partial charge in [0.2, 0.25) is 0 Å². The van der Waals surface area contributed by atoms with Gasteiger partial charge in [0.05, 0.1) is 12.9 Å². The summed E-state index contributed by atoms with van der Waals surface area (Å²) in [5, 5.41) is 43.0. The predicted molar refractivity (Wildman–Crippen MR) is 99.2 cm³/mol. The van der Waals surface area contributed by atoms with Crippen molar-refractivity contribution >= 4 is 28.7 Å². The number of aromatic nitrogens is 4. The molecule has 0 aromatic carbocycles. The van der Waals surface area contributed by atoms with Crippen LogP contribution in [0.3, 0.4) is 0 Å². The highest BCUT2D eigenvalue weighted by Gasteiger charge is 2.44. The van der Waals surface area contributed by atoms with Gasteiger partial charge in [-0.25, -0.2) is 15.0 Å². The maximum Gasteiger partial charge on any atom is 0.191 e. The molecule has 1 aliphatic heterocycles. The van der Waals surface area contributed by atoms with Gasteiger partial charge in [0.15, 0.2) is 28.4 Å². The van der Waals surface area contributed by atoms with Crippen molar-refractivity contribution in [2.75, 3.05) is 18.2 Å². The van der Waals surface area contributed by atoms with Crippen LogP contribution in [0.1, 0.15) is 20.1 Å². The van der Waals surface area contributed by atoms with Crippen molar-refractivity contribution in [2.45, 2.75) is 49.8 Å². The van der Waals surface area contributed by atoms with Crippen molar-refractivity contribution in [3.63, 3.8) is 0 Å². The maximum atomic E-state index is 10.3. The Morgan fingerprint density at radius 1 is 1.37 bits per heavy atom. The van der Waals surface area contributed by atoms with E-state index in [4.69, 9.17) is 4.74 Å². The number of thioether (sulfide) groups is 1. The fourth-order valence-electron chi connectivity index (χ4n) is 2.88. The summed E-state index contributed by atoms with van der Waals surface area (Å²) in [6, 6.07) is 0. The minimum absolute atomic E-state index is 0.333. The summed E-state index contributed by atoms with van der Waals surface area (Å²) in [4.78, 5) is 13.1. The fourth-order valence-corrected chi connectivity index (χ4v) is 3.24. The van der Waals surface area contributed by atoms with E-state index in [1.807, 2.05) is 20.1 Å². The van der Waals surface area contributed by atoms with Gasteiger partial charge >= 0.3 is 0 Å². The molecule has 0 radical (unpaired) electrons. The van der Waals surface area contributed by atoms with Crippen LogP contribution in [-0.4, -0.2) is 77.3 Å². The Hall–Kier alpha value is -1.76. The number of allylic oxidation sites excluding steroid dienone is 1. The summed E-state index contributed by atoms with van der Waals surface area (Å²) in [5.41, 5.74) is 1.69. The molecular formula is C16H23N5O5S. The van der Waals surface area contributed by atoms with Crippen molar-refractivity contribution < 1.29 is 25.2 Å². The number of hydrogen-bond acceptors (Lipinski definition) is 10. The average molecular weight is 397 g/mol. The van der Waals surface area contributed by atoms with E-state index < -0.39 is 37.4 Å². The molecule has 0 aliphatic carbocycles. The number of hydrogen-bond donors (Lipinski definition) is 5. The fraction of sp³-hybridized carbons (Fsp3) is 0.562. The van der Waals surface area contributed by atoms with Gasteiger partial charge in [-0.05, 0) is 26.2 Å². The third-order valence-electron chi connectivity index (χ3n) is 4.15. The highest BCUT2D eigenvalue weighted by Crippen LogP contribution is 2.33. The van der Waals surface area contributed by atoms with Crippen molar-refractivity contribution in [3.8, 4) is 0 Å². The molecule has 5 N–H and O–H groups in total. The second-order valence-electron chi connectivity index (χ2n) is 6.45. The largest absolute Gasteiger partial charge is 0.394 e. The van der Waals surface area contributed by atoms with E-state index in [0.717, 1.165) is 5.57 Å². The summed E-state index contributed by atoms with van der Waals surface area (Å²) >= 11 is 1.31. The Morgan fingerprint density at radius 3 is 2.70 bits per heavy atom. The second kappa shape index (κ2) is 8.09. The SMILES string of the molecule is CSc1nc(NC(O)C=C(C)C)c2ncn([C@@H]3O[C@H](CO)[C@@H](O)[C@H]3O)c2n1. The van der Waals surface area contributed by atoms with Gasteiger partial charge in [0, 0.05) is 0 Å². The van der Waals surface area contributed by atoms with E-state index in [2.05, 4.69) is 20.3 Å². The molecule has 1 unspecified atom stereocenters. The molecule has 2 aromatic rings. The van der Waals surface area contributed by atoms with Gasteiger partial charge in [-0.2, -0.15) is 0 Å². The van der Waals surface area contributed by atoms with Crippen LogP contribution in [0.15, 0.2) is 23.1 Å². The number of rotatable bonds is 6. The average Bonchev–Trinajstić information content (AvgIpc) is 3.16. The van der Waals surface area contributed by atoms with Gasteiger partial charge in [0.25, 0.3) is 0 Å². The monoisotopic (exact) mass is 397 g/mol. The summed E-state index contributed by atoms with van der Waals surface area (Å²) in [5.74, 6) is 0.333. The third kappa shape index (κ3) is 3.93. The van der Waals surface area contributed by atoms with E-state index in [0.29, 0.717) is 22.1 Å². The van der Waals surface area contributed by atoms with Gasteiger partial charge in [0.1, 0.15) is 24.5 Å². The lowest BCUT2D eigenvalue weighted by Crippen LogP contribution is -2.33. The summed E-state index contributed by atoms with van der Waals surface area (Å²) < 4.78 is 7.05. The van der Waals surface area contributed by atoms with E-state index in [9.17, 15) is 20.4 Å². The Kier molecular flexibility index (Phi) is 5.99. The quantitative estimate of drug-likeness (QED) is 0.193. The molecule has 0 bridgehead atoms. The first kappa shape index (κ1) is 20.0. The van der Waals surface area contributed by atoms with Gasteiger partial charge < -0.3 is 30.5 Å². The molecule has 0 saturated carbocycles. The Morgan fingerprint density at radius 2 is 2.11 bits per heavy atom. The number of nitrogens with zero attached hydrogens (tertiary/aromatic N) is 4. The number of anilines is 1. The molecule has 0 amide bonds. The number of nitrogens with one attached hydrogen (secondary N) is 1. The van der Waals surface area contributed by atoms with E-state index >= 15 is 0 Å². The van der Waals surface area contributed by atoms with Gasteiger partial charge in [-0.15, -0.1) is 0 Å². The standard InChI is InChI=1S/C16H23N5O5S/c1-7(2)4-9(23)18-13-10-14(20-16(19-13)27-3)21(6-17-10)15-12(25)11(24)8(5-22)26-15/h4,6,8-9,11-12,15,22-25H,5H2,1-3H3,(H,18,19,20)/t8-,9?,11-,12-,15-/m1/s1. The number of aliphatic hydroxyl groups is 4. The molecule has 10 nitrogen and oxygen atoms in total. The summed E-state index contributed by atoms with van der Waals surface area (Å²) in [7, 11) is 0. The number of ether oxygens (including phenoxy) is 1. The van der Waals surface area contributed by atoms with E-state index in [1.165, 1.54) is 22.7 Å². The molecular weight excluding hydrogens is 374 g/mol. The molecule has 0 spiro atoms. The molecule has 1 saturated heterocycles. The van der Waals surface area contributed by atoms with Crippen LogP contribution in [0.25, 0.3) is 11.2 Å². The van der Waals surface area contributed by atoms with Crippen LogP contribution in [-0.2, 0) is 4.74 Å². The lowest BCUT2D eigenvalue weighted by atomic mass is 10.1. The topological polar surface area (TPSA) is 146 Å². The van der Waals surface area contributed by atoms with E-state index in [-0.39, 0.29) is 0 Å². The zero-order valence-electron chi connectivity index (χ0n) is 15.1. The normalized spacial score (nSPS) is 26.3. The highest BCUT2D eigenvalue weighted by atomic mass is 32.2. The first-order valence-electron chi connectivity index (χ1n) is 8.36. The van der Waals surface area contributed by atoms with Crippen LogP contribution in [0.4, 0.5) is 5.82 Å². The number of aliphatic hydroxyl groups excluding tert-OH is 4. The second-order valence-corrected chi connectivity index (χ2v) is 7.22. The molecule has 148 valence electrons. The highest BCUT2D eigenvalue weighted by molar-refractivity contribution is 7.98. The summed E-state index contributed by atoms with van der Waals surface area (Å²) in [6.07, 6.45) is -0.426. The van der Waals surface area contributed by atoms with Crippen LogP contribution in [0.5, 0.6) is 0 Å². The maximum absolute atomic E-state index is 10.3. The Labute approximate surface area is 159 Å². The molecule has 3 rings (SSSR count). The lowest BCUT2D eigenvalue weighted by Gasteiger charge is -2.17. The molecule has 1 fully saturated rings. The van der Waals surface area contributed by atoms with Crippen LogP contribution >= 0.6 is 11.8 Å². The summed E-state index contributed by atoms with van der Waals surface area (Å²) in [6.45, 7) is 3.31. The first-order valence-corrected chi connectivity index (χ1v) is 9.58. The molecule has 27 heavy (non-hydrogen) atoms. The minimum Gasteiger partial charge on any atom is -0.394 e. The molecule has 1 aliphatic rings. The van der Waals surface area contributed by atoms with E-state index in [1.54, 1.807) is 6.08 Å². The van der Waals surface area contributed by atoms with Crippen molar-refractivity contribution in [1.29, 1.82) is 0 Å². The zero-order chi connectivity index (χ0) is 19.7. The van der Waals surface area contributed by atoms with Crippen LogP contribution in [0, 0.1) is 0 Å². The van der Waals surface area contributed by atoms with Crippen molar-refractivity contribution in [2.24, 2.45) is 0 Å². The molecule has 2 aromatic heterocycles.